The third-order valence-electron chi connectivity index (χ3n) is 4.03. The van der Waals surface area contributed by atoms with Gasteiger partial charge in [0.2, 0.25) is 5.91 Å². The third kappa shape index (κ3) is 5.59. The molecule has 0 aliphatic carbocycles. The molecule has 2 aromatic carbocycles. The van der Waals surface area contributed by atoms with Gasteiger partial charge in [-0.3, -0.25) is 9.59 Å². The van der Waals surface area contributed by atoms with Gasteiger partial charge < -0.3 is 15.0 Å². The number of rotatable bonds is 7. The Bertz CT molecular complexity index is 762. The monoisotopic (exact) mass is 418 g/mol. The average Bonchev–Trinajstić information content (AvgIpc) is 2.64. The van der Waals surface area contributed by atoms with E-state index in [0.717, 1.165) is 15.6 Å². The molecule has 5 nitrogen and oxygen atoms in total. The summed E-state index contributed by atoms with van der Waals surface area (Å²) in [7, 11) is 1.56. The van der Waals surface area contributed by atoms with Crippen molar-refractivity contribution in [1.29, 1.82) is 0 Å². The molecule has 0 unspecified atom stereocenters. The Morgan fingerprint density at radius 2 is 1.88 bits per heavy atom. The van der Waals surface area contributed by atoms with Crippen molar-refractivity contribution in [2.24, 2.45) is 0 Å². The first-order valence-corrected chi connectivity index (χ1v) is 9.15. The number of hydrogen-bond acceptors (Lipinski definition) is 3. The predicted molar refractivity (Wildman–Crippen MR) is 105 cm³/mol. The quantitative estimate of drug-likeness (QED) is 0.750. The van der Waals surface area contributed by atoms with Crippen LogP contribution in [0.5, 0.6) is 5.75 Å². The van der Waals surface area contributed by atoms with Crippen LogP contribution in [0.1, 0.15) is 18.1 Å². The highest BCUT2D eigenvalue weighted by molar-refractivity contribution is 9.10. The standard InChI is InChI=1S/C20H23BrN2O3/c1-14-5-4-6-18(11-14)26-13-19(24)23(15(2)20(25)22-3)12-16-7-9-17(21)10-8-16/h4-11,15H,12-13H2,1-3H3,(H,22,25)/t15-/m0/s1. The van der Waals surface area contributed by atoms with E-state index in [9.17, 15) is 9.59 Å². The van der Waals surface area contributed by atoms with Crippen LogP contribution in [0.2, 0.25) is 0 Å². The lowest BCUT2D eigenvalue weighted by molar-refractivity contribution is -0.142. The number of halogens is 1. The Kier molecular flexibility index (Phi) is 7.21. The van der Waals surface area contributed by atoms with Crippen molar-refractivity contribution in [2.75, 3.05) is 13.7 Å². The zero-order valence-electron chi connectivity index (χ0n) is 15.2. The number of carbonyl (C=O) groups excluding carboxylic acids is 2. The number of carbonyl (C=O) groups is 2. The van der Waals surface area contributed by atoms with Gasteiger partial charge in [0, 0.05) is 18.1 Å². The van der Waals surface area contributed by atoms with E-state index in [1.54, 1.807) is 14.0 Å². The van der Waals surface area contributed by atoms with Crippen molar-refractivity contribution in [2.45, 2.75) is 26.4 Å². The largest absolute Gasteiger partial charge is 0.484 e. The number of nitrogens with zero attached hydrogens (tertiary/aromatic N) is 1. The molecule has 0 aromatic heterocycles. The Morgan fingerprint density at radius 3 is 2.50 bits per heavy atom. The molecule has 0 aliphatic rings. The molecule has 0 fully saturated rings. The second-order valence-electron chi connectivity index (χ2n) is 6.04. The highest BCUT2D eigenvalue weighted by Gasteiger charge is 2.25. The third-order valence-corrected chi connectivity index (χ3v) is 4.56. The molecule has 2 amide bonds. The van der Waals surface area contributed by atoms with Gasteiger partial charge in [0.25, 0.3) is 5.91 Å². The molecule has 1 N–H and O–H groups in total. The van der Waals surface area contributed by atoms with Gasteiger partial charge in [-0.15, -0.1) is 0 Å². The minimum atomic E-state index is -0.600. The lowest BCUT2D eigenvalue weighted by Crippen LogP contribution is -2.48. The number of nitrogens with one attached hydrogen (secondary N) is 1. The number of benzene rings is 2. The van der Waals surface area contributed by atoms with Crippen LogP contribution in [0.15, 0.2) is 53.0 Å². The zero-order valence-corrected chi connectivity index (χ0v) is 16.7. The zero-order chi connectivity index (χ0) is 19.1. The summed E-state index contributed by atoms with van der Waals surface area (Å²) in [5.41, 5.74) is 1.99. The van der Waals surface area contributed by atoms with Crippen LogP contribution in [-0.2, 0) is 16.1 Å². The fourth-order valence-corrected chi connectivity index (χ4v) is 2.78. The summed E-state index contributed by atoms with van der Waals surface area (Å²) < 4.78 is 6.58. The fraction of sp³-hybridized carbons (Fsp3) is 0.300. The maximum absolute atomic E-state index is 12.7. The second kappa shape index (κ2) is 9.38. The summed E-state index contributed by atoms with van der Waals surface area (Å²) in [4.78, 5) is 26.3. The lowest BCUT2D eigenvalue weighted by atomic mass is 10.1. The van der Waals surface area contributed by atoms with Crippen molar-refractivity contribution >= 4 is 27.7 Å². The highest BCUT2D eigenvalue weighted by Crippen LogP contribution is 2.16. The van der Waals surface area contributed by atoms with E-state index in [1.165, 1.54) is 4.90 Å². The molecule has 0 heterocycles. The number of aryl methyl sites for hydroxylation is 1. The molecule has 26 heavy (non-hydrogen) atoms. The molecule has 2 rings (SSSR count). The van der Waals surface area contributed by atoms with E-state index < -0.39 is 6.04 Å². The molecular formula is C20H23BrN2O3. The molecule has 0 aliphatic heterocycles. The van der Waals surface area contributed by atoms with Crippen molar-refractivity contribution in [3.8, 4) is 5.75 Å². The first-order chi connectivity index (χ1) is 12.4. The van der Waals surface area contributed by atoms with Gasteiger partial charge in [-0.05, 0) is 49.2 Å². The van der Waals surface area contributed by atoms with Crippen LogP contribution in [0.4, 0.5) is 0 Å². The van der Waals surface area contributed by atoms with Gasteiger partial charge in [-0.2, -0.15) is 0 Å². The summed E-state index contributed by atoms with van der Waals surface area (Å²) in [5.74, 6) is 0.172. The molecule has 1 atom stereocenters. The molecule has 0 saturated carbocycles. The van der Waals surface area contributed by atoms with Crippen LogP contribution < -0.4 is 10.1 Å². The molecule has 0 saturated heterocycles. The van der Waals surface area contributed by atoms with Crippen LogP contribution >= 0.6 is 15.9 Å². The SMILES string of the molecule is CNC(=O)[C@H](C)N(Cc1ccc(Br)cc1)C(=O)COc1cccc(C)c1. The van der Waals surface area contributed by atoms with E-state index in [-0.39, 0.29) is 18.4 Å². The van der Waals surface area contributed by atoms with Crippen LogP contribution in [0, 0.1) is 6.92 Å². The van der Waals surface area contributed by atoms with Gasteiger partial charge in [0.15, 0.2) is 6.61 Å². The average molecular weight is 419 g/mol. The Hall–Kier alpha value is -2.34. The summed E-state index contributed by atoms with van der Waals surface area (Å²) in [6.45, 7) is 3.88. The number of likely N-dealkylation sites (N-methyl/N-ethyl adjacent to an activating group) is 1. The number of amides is 2. The van der Waals surface area contributed by atoms with E-state index in [1.807, 2.05) is 55.5 Å². The molecule has 0 spiro atoms. The lowest BCUT2D eigenvalue weighted by Gasteiger charge is -2.28. The topological polar surface area (TPSA) is 58.6 Å². The normalized spacial score (nSPS) is 11.5. The van der Waals surface area contributed by atoms with Gasteiger partial charge in [-0.1, -0.05) is 40.2 Å². The molecule has 138 valence electrons. The van der Waals surface area contributed by atoms with E-state index in [4.69, 9.17) is 4.74 Å². The van der Waals surface area contributed by atoms with Gasteiger partial charge in [0.05, 0.1) is 0 Å². The summed E-state index contributed by atoms with van der Waals surface area (Å²) in [6, 6.07) is 14.6. The molecule has 0 bridgehead atoms. The summed E-state index contributed by atoms with van der Waals surface area (Å²) in [6.07, 6.45) is 0. The number of hydrogen-bond donors (Lipinski definition) is 1. The van der Waals surface area contributed by atoms with Crippen LogP contribution in [-0.4, -0.2) is 36.4 Å². The van der Waals surface area contributed by atoms with Crippen molar-refractivity contribution in [3.63, 3.8) is 0 Å². The Labute approximate surface area is 162 Å². The van der Waals surface area contributed by atoms with E-state index in [2.05, 4.69) is 21.2 Å². The second-order valence-corrected chi connectivity index (χ2v) is 6.96. The Balaban J connectivity index is 2.12. The van der Waals surface area contributed by atoms with Crippen LogP contribution in [0.25, 0.3) is 0 Å². The summed E-state index contributed by atoms with van der Waals surface area (Å²) >= 11 is 3.40. The molecular weight excluding hydrogens is 396 g/mol. The minimum absolute atomic E-state index is 0.124. The number of ether oxygens (including phenoxy) is 1. The van der Waals surface area contributed by atoms with Crippen molar-refractivity contribution in [3.05, 3.63) is 64.1 Å². The molecule has 0 radical (unpaired) electrons. The summed E-state index contributed by atoms with van der Waals surface area (Å²) in [5, 5.41) is 2.60. The van der Waals surface area contributed by atoms with E-state index >= 15 is 0 Å². The Morgan fingerprint density at radius 1 is 1.19 bits per heavy atom. The maximum atomic E-state index is 12.7. The van der Waals surface area contributed by atoms with Gasteiger partial charge >= 0.3 is 0 Å². The van der Waals surface area contributed by atoms with Gasteiger partial charge in [-0.25, -0.2) is 0 Å². The van der Waals surface area contributed by atoms with Crippen LogP contribution in [0.3, 0.4) is 0 Å². The maximum Gasteiger partial charge on any atom is 0.261 e. The van der Waals surface area contributed by atoms with E-state index in [0.29, 0.717) is 12.3 Å². The fourth-order valence-electron chi connectivity index (χ4n) is 2.51. The predicted octanol–water partition coefficient (Wildman–Crippen LogP) is 3.30. The minimum Gasteiger partial charge on any atom is -0.484 e. The molecule has 6 heteroatoms. The smallest absolute Gasteiger partial charge is 0.261 e. The first kappa shape index (κ1) is 20.0. The molecule has 2 aromatic rings. The highest BCUT2D eigenvalue weighted by atomic mass is 79.9. The van der Waals surface area contributed by atoms with Gasteiger partial charge in [0.1, 0.15) is 11.8 Å². The van der Waals surface area contributed by atoms with Crippen molar-refractivity contribution in [1.82, 2.24) is 10.2 Å². The first-order valence-electron chi connectivity index (χ1n) is 8.35. The van der Waals surface area contributed by atoms with Crippen molar-refractivity contribution < 1.29 is 14.3 Å².